The third kappa shape index (κ3) is 6.88. The van der Waals surface area contributed by atoms with E-state index in [-0.39, 0.29) is 24.0 Å². The van der Waals surface area contributed by atoms with E-state index in [0.717, 1.165) is 25.6 Å². The molecule has 2 aliphatic rings. The smallest absolute Gasteiger partial charge is 0.191 e. The molecule has 2 fully saturated rings. The third-order valence-electron chi connectivity index (χ3n) is 4.94. The van der Waals surface area contributed by atoms with Crippen molar-refractivity contribution in [2.45, 2.75) is 44.6 Å². The Balaban J connectivity index is 0.00000288. The van der Waals surface area contributed by atoms with Crippen LogP contribution in [0.3, 0.4) is 0 Å². The molecular weight excluding hydrogens is 435 g/mol. The first kappa shape index (κ1) is 22.3. The molecule has 5 nitrogen and oxygen atoms in total. The Kier molecular flexibility index (Phi) is 11.7. The van der Waals surface area contributed by atoms with Crippen LogP contribution < -0.4 is 10.6 Å². The van der Waals surface area contributed by atoms with Crippen molar-refractivity contribution in [3.63, 3.8) is 0 Å². The van der Waals surface area contributed by atoms with Gasteiger partial charge in [-0.05, 0) is 19.8 Å². The van der Waals surface area contributed by atoms with Gasteiger partial charge in [0.15, 0.2) is 5.96 Å². The Bertz CT molecular complexity index is 358. The van der Waals surface area contributed by atoms with Crippen molar-refractivity contribution in [2.24, 2.45) is 4.99 Å². The summed E-state index contributed by atoms with van der Waals surface area (Å²) < 4.78 is 5.12. The Hall–Kier alpha value is 0.270. The summed E-state index contributed by atoms with van der Waals surface area (Å²) in [6, 6.07) is 0. The largest absolute Gasteiger partial charge is 0.383 e. The molecule has 0 spiro atoms. The summed E-state index contributed by atoms with van der Waals surface area (Å²) in [6.07, 6.45) is 6.71. The van der Waals surface area contributed by atoms with Crippen molar-refractivity contribution >= 4 is 41.7 Å². The van der Waals surface area contributed by atoms with Gasteiger partial charge in [-0.1, -0.05) is 19.3 Å². The molecule has 0 aromatic carbocycles. The topological polar surface area (TPSA) is 48.9 Å². The SMILES string of the molecule is CCNC(=NCC1(N2CCSCC2)CCCCC1)NCCOC.I. The number of thioether (sulfide) groups is 1. The standard InChI is InChI=1S/C17H34N4OS.HI/c1-3-18-16(19-9-12-22-2)20-15-17(7-5-4-6-8-17)21-10-13-23-14-11-21;/h3-15H2,1-2H3,(H2,18,19,20);1H. The number of guanidine groups is 1. The lowest BCUT2D eigenvalue weighted by atomic mass is 9.80. The predicted molar refractivity (Wildman–Crippen MR) is 116 cm³/mol. The maximum absolute atomic E-state index is 5.12. The van der Waals surface area contributed by atoms with Crippen molar-refractivity contribution in [2.75, 3.05) is 57.9 Å². The molecule has 1 saturated carbocycles. The van der Waals surface area contributed by atoms with Gasteiger partial charge in [0.05, 0.1) is 13.2 Å². The minimum atomic E-state index is 0. The molecule has 2 N–H and O–H groups in total. The van der Waals surface area contributed by atoms with Crippen molar-refractivity contribution in [1.82, 2.24) is 15.5 Å². The van der Waals surface area contributed by atoms with E-state index < -0.39 is 0 Å². The molecule has 0 aromatic rings. The second-order valence-corrected chi connectivity index (χ2v) is 7.72. The van der Waals surface area contributed by atoms with Gasteiger partial charge in [0, 0.05) is 50.3 Å². The van der Waals surface area contributed by atoms with Gasteiger partial charge in [0.2, 0.25) is 0 Å². The van der Waals surface area contributed by atoms with Crippen LogP contribution in [0.15, 0.2) is 4.99 Å². The highest BCUT2D eigenvalue weighted by atomic mass is 127. The average Bonchev–Trinajstić information content (AvgIpc) is 2.61. The van der Waals surface area contributed by atoms with Gasteiger partial charge in [-0.15, -0.1) is 24.0 Å². The molecule has 1 saturated heterocycles. The molecule has 0 aromatic heterocycles. The van der Waals surface area contributed by atoms with Crippen LogP contribution >= 0.6 is 35.7 Å². The fourth-order valence-electron chi connectivity index (χ4n) is 3.66. The summed E-state index contributed by atoms with van der Waals surface area (Å²) in [6.45, 7) is 7.90. The molecule has 0 atom stereocenters. The van der Waals surface area contributed by atoms with E-state index in [1.807, 2.05) is 0 Å². The lowest BCUT2D eigenvalue weighted by Crippen LogP contribution is -2.55. The summed E-state index contributed by atoms with van der Waals surface area (Å²) in [4.78, 5) is 7.69. The highest BCUT2D eigenvalue weighted by Gasteiger charge is 2.38. The lowest BCUT2D eigenvalue weighted by molar-refractivity contribution is 0.0671. The van der Waals surface area contributed by atoms with Gasteiger partial charge in [0.25, 0.3) is 0 Å². The highest BCUT2D eigenvalue weighted by Crippen LogP contribution is 2.35. The quantitative estimate of drug-likeness (QED) is 0.259. The molecule has 0 amide bonds. The van der Waals surface area contributed by atoms with E-state index in [0.29, 0.717) is 12.1 Å². The minimum absolute atomic E-state index is 0. The van der Waals surface area contributed by atoms with Gasteiger partial charge in [-0.25, -0.2) is 0 Å². The van der Waals surface area contributed by atoms with Crippen LogP contribution in [0, 0.1) is 0 Å². The summed E-state index contributed by atoms with van der Waals surface area (Å²) in [7, 11) is 1.73. The van der Waals surface area contributed by atoms with Crippen LogP contribution in [-0.2, 0) is 4.74 Å². The van der Waals surface area contributed by atoms with Crippen LogP contribution in [0.5, 0.6) is 0 Å². The van der Waals surface area contributed by atoms with Gasteiger partial charge in [-0.3, -0.25) is 9.89 Å². The summed E-state index contributed by atoms with van der Waals surface area (Å²) >= 11 is 2.09. The Morgan fingerprint density at radius 3 is 2.50 bits per heavy atom. The zero-order valence-corrected chi connectivity index (χ0v) is 18.5. The number of rotatable bonds is 7. The number of nitrogens with one attached hydrogen (secondary N) is 2. The van der Waals surface area contributed by atoms with E-state index in [9.17, 15) is 0 Å². The van der Waals surface area contributed by atoms with Crippen molar-refractivity contribution < 1.29 is 4.74 Å². The average molecular weight is 470 g/mol. The molecule has 0 radical (unpaired) electrons. The first-order valence-corrected chi connectivity index (χ1v) is 10.3. The van der Waals surface area contributed by atoms with E-state index in [4.69, 9.17) is 9.73 Å². The molecule has 1 heterocycles. The Labute approximate surface area is 169 Å². The maximum atomic E-state index is 5.12. The third-order valence-corrected chi connectivity index (χ3v) is 5.88. The number of aliphatic imine (C=N–C) groups is 1. The van der Waals surface area contributed by atoms with Gasteiger partial charge in [-0.2, -0.15) is 11.8 Å². The summed E-state index contributed by atoms with van der Waals surface area (Å²) in [5.41, 5.74) is 0.294. The highest BCUT2D eigenvalue weighted by molar-refractivity contribution is 14.0. The van der Waals surface area contributed by atoms with E-state index in [1.54, 1.807) is 7.11 Å². The van der Waals surface area contributed by atoms with Crippen LogP contribution in [-0.4, -0.2) is 74.3 Å². The molecule has 0 unspecified atom stereocenters. The number of hydrogen-bond acceptors (Lipinski definition) is 4. The van der Waals surface area contributed by atoms with Crippen LogP contribution in [0.25, 0.3) is 0 Å². The van der Waals surface area contributed by atoms with Crippen LogP contribution in [0.2, 0.25) is 0 Å². The number of nitrogens with zero attached hydrogens (tertiary/aromatic N) is 2. The van der Waals surface area contributed by atoms with Gasteiger partial charge in [0.1, 0.15) is 0 Å². The van der Waals surface area contributed by atoms with Gasteiger partial charge < -0.3 is 15.4 Å². The number of hydrogen-bond donors (Lipinski definition) is 2. The van der Waals surface area contributed by atoms with Crippen molar-refractivity contribution in [3.05, 3.63) is 0 Å². The first-order valence-electron chi connectivity index (χ1n) is 9.15. The minimum Gasteiger partial charge on any atom is -0.383 e. The molecule has 1 aliphatic heterocycles. The Morgan fingerprint density at radius 1 is 1.17 bits per heavy atom. The lowest BCUT2D eigenvalue weighted by Gasteiger charge is -2.47. The molecule has 24 heavy (non-hydrogen) atoms. The maximum Gasteiger partial charge on any atom is 0.191 e. The second-order valence-electron chi connectivity index (χ2n) is 6.50. The van der Waals surface area contributed by atoms with Crippen molar-refractivity contribution in [1.29, 1.82) is 0 Å². The summed E-state index contributed by atoms with van der Waals surface area (Å²) in [5.74, 6) is 3.48. The molecule has 7 heteroatoms. The summed E-state index contributed by atoms with van der Waals surface area (Å²) in [5, 5.41) is 6.73. The molecule has 1 aliphatic carbocycles. The second kappa shape index (κ2) is 12.6. The Morgan fingerprint density at radius 2 is 1.88 bits per heavy atom. The first-order chi connectivity index (χ1) is 11.3. The van der Waals surface area contributed by atoms with E-state index in [1.165, 1.54) is 56.7 Å². The van der Waals surface area contributed by atoms with Crippen LogP contribution in [0.4, 0.5) is 0 Å². The number of methoxy groups -OCH3 is 1. The van der Waals surface area contributed by atoms with E-state index >= 15 is 0 Å². The molecule has 2 rings (SSSR count). The monoisotopic (exact) mass is 470 g/mol. The molecular formula is C17H35IN4OS. The van der Waals surface area contributed by atoms with Crippen molar-refractivity contribution in [3.8, 4) is 0 Å². The molecule has 0 bridgehead atoms. The normalized spacial score (nSPS) is 21.8. The molecule has 142 valence electrons. The fraction of sp³-hybridized carbons (Fsp3) is 0.941. The van der Waals surface area contributed by atoms with Gasteiger partial charge >= 0.3 is 0 Å². The number of ether oxygens (including phenoxy) is 1. The zero-order valence-electron chi connectivity index (χ0n) is 15.3. The van der Waals surface area contributed by atoms with Crippen LogP contribution in [0.1, 0.15) is 39.0 Å². The number of halogens is 1. The van der Waals surface area contributed by atoms with E-state index in [2.05, 4.69) is 34.2 Å². The fourth-order valence-corrected chi connectivity index (χ4v) is 4.56. The zero-order chi connectivity index (χ0) is 16.4. The predicted octanol–water partition coefficient (Wildman–Crippen LogP) is 2.56.